The second-order valence-electron chi connectivity index (χ2n) is 8.03. The van der Waals surface area contributed by atoms with Gasteiger partial charge in [0.25, 0.3) is 0 Å². The molecule has 0 saturated carbocycles. The van der Waals surface area contributed by atoms with Crippen LogP contribution in [0.4, 0.5) is 4.39 Å². The topological polar surface area (TPSA) is 76.2 Å². The van der Waals surface area contributed by atoms with Gasteiger partial charge in [0, 0.05) is 38.0 Å². The minimum atomic E-state index is -3.76. The van der Waals surface area contributed by atoms with E-state index in [2.05, 4.69) is 0 Å². The van der Waals surface area contributed by atoms with Crippen molar-refractivity contribution in [3.63, 3.8) is 0 Å². The van der Waals surface area contributed by atoms with E-state index in [-0.39, 0.29) is 41.1 Å². The summed E-state index contributed by atoms with van der Waals surface area (Å²) < 4.78 is 51.5. The Morgan fingerprint density at radius 1 is 1.03 bits per heavy atom. The summed E-state index contributed by atoms with van der Waals surface area (Å²) in [5.74, 6) is -0.409. The number of ether oxygens (including phenoxy) is 2. The number of hydrogen-bond donors (Lipinski definition) is 0. The molecule has 1 aromatic rings. The highest BCUT2D eigenvalue weighted by Gasteiger charge is 2.36. The molecule has 0 unspecified atom stereocenters. The van der Waals surface area contributed by atoms with E-state index in [1.165, 1.54) is 10.4 Å². The zero-order valence-corrected chi connectivity index (χ0v) is 18.2. The first-order valence-corrected chi connectivity index (χ1v) is 12.2. The van der Waals surface area contributed by atoms with Crippen LogP contribution in [0.5, 0.6) is 0 Å². The number of carbonyl (C=O) groups is 1. The highest BCUT2D eigenvalue weighted by Crippen LogP contribution is 2.30. The zero-order valence-electron chi connectivity index (χ0n) is 16.6. The van der Waals surface area contributed by atoms with Gasteiger partial charge in [0.1, 0.15) is 5.82 Å². The third-order valence-corrected chi connectivity index (χ3v) is 8.40. The molecule has 30 heavy (non-hydrogen) atoms. The van der Waals surface area contributed by atoms with Gasteiger partial charge in [-0.1, -0.05) is 11.6 Å². The fourth-order valence-electron chi connectivity index (χ4n) is 4.43. The molecule has 0 aromatic heterocycles. The number of likely N-dealkylation sites (tertiary alicyclic amines) is 1. The lowest BCUT2D eigenvalue weighted by molar-refractivity contribution is -0.142. The van der Waals surface area contributed by atoms with Crippen LogP contribution in [0.2, 0.25) is 5.02 Å². The summed E-state index contributed by atoms with van der Waals surface area (Å²) in [4.78, 5) is 14.8. The molecule has 7 nitrogen and oxygen atoms in total. The van der Waals surface area contributed by atoms with E-state index in [1.807, 2.05) is 4.90 Å². The fraction of sp³-hybridized carbons (Fsp3) is 0.650. The Bertz CT molecular complexity index is 877. The van der Waals surface area contributed by atoms with Crippen LogP contribution in [0.1, 0.15) is 25.7 Å². The van der Waals surface area contributed by atoms with Crippen molar-refractivity contribution in [2.24, 2.45) is 11.8 Å². The minimum absolute atomic E-state index is 0.0305. The molecule has 0 spiro atoms. The number of hydrogen-bond acceptors (Lipinski definition) is 5. The van der Waals surface area contributed by atoms with E-state index in [9.17, 15) is 17.6 Å². The summed E-state index contributed by atoms with van der Waals surface area (Å²) in [6, 6.07) is 3.40. The number of benzene rings is 1. The van der Waals surface area contributed by atoms with E-state index >= 15 is 0 Å². The fourth-order valence-corrected chi connectivity index (χ4v) is 6.17. The highest BCUT2D eigenvalue weighted by molar-refractivity contribution is 7.89. The van der Waals surface area contributed by atoms with Crippen LogP contribution < -0.4 is 0 Å². The van der Waals surface area contributed by atoms with Gasteiger partial charge in [-0.05, 0) is 43.9 Å². The first-order chi connectivity index (χ1) is 14.4. The van der Waals surface area contributed by atoms with Gasteiger partial charge < -0.3 is 14.4 Å². The average Bonchev–Trinajstić information content (AvgIpc) is 3.30. The Labute approximate surface area is 181 Å². The molecule has 1 amide bonds. The molecule has 3 heterocycles. The second-order valence-corrected chi connectivity index (χ2v) is 10.4. The van der Waals surface area contributed by atoms with E-state index in [0.717, 1.165) is 25.0 Å². The summed E-state index contributed by atoms with van der Waals surface area (Å²) in [6.45, 7) is 3.14. The molecule has 10 heteroatoms. The molecular weight excluding hydrogens is 435 g/mol. The van der Waals surface area contributed by atoms with Crippen molar-refractivity contribution in [1.29, 1.82) is 0 Å². The number of rotatable bonds is 4. The summed E-state index contributed by atoms with van der Waals surface area (Å²) >= 11 is 5.74. The lowest BCUT2D eigenvalue weighted by Crippen LogP contribution is -2.47. The maximum atomic E-state index is 13.4. The summed E-state index contributed by atoms with van der Waals surface area (Å²) in [7, 11) is -3.76. The summed E-state index contributed by atoms with van der Waals surface area (Å²) in [5.41, 5.74) is 0. The number of carbonyl (C=O) groups excluding carboxylic acids is 1. The smallest absolute Gasteiger partial charge is 0.243 e. The number of halogens is 2. The number of piperidine rings is 2. The Morgan fingerprint density at radius 3 is 2.27 bits per heavy atom. The number of sulfonamides is 1. The summed E-state index contributed by atoms with van der Waals surface area (Å²) in [5, 5.41) is -0.224. The van der Waals surface area contributed by atoms with Crippen LogP contribution in [0.25, 0.3) is 0 Å². The van der Waals surface area contributed by atoms with Crippen molar-refractivity contribution in [2.45, 2.75) is 36.9 Å². The molecule has 3 aliphatic rings. The molecule has 0 bridgehead atoms. The van der Waals surface area contributed by atoms with Crippen LogP contribution in [-0.2, 0) is 24.3 Å². The van der Waals surface area contributed by atoms with Crippen LogP contribution in [0.15, 0.2) is 23.1 Å². The molecular formula is C20H26ClFN2O5S. The summed E-state index contributed by atoms with van der Waals surface area (Å²) in [6.07, 6.45) is 2.52. The van der Waals surface area contributed by atoms with Gasteiger partial charge in [-0.25, -0.2) is 12.8 Å². The van der Waals surface area contributed by atoms with Gasteiger partial charge in [0.15, 0.2) is 6.29 Å². The minimum Gasteiger partial charge on any atom is -0.350 e. The van der Waals surface area contributed by atoms with Crippen molar-refractivity contribution in [3.8, 4) is 0 Å². The first-order valence-electron chi connectivity index (χ1n) is 10.3. The van der Waals surface area contributed by atoms with Gasteiger partial charge >= 0.3 is 0 Å². The highest BCUT2D eigenvalue weighted by atomic mass is 35.5. The molecule has 0 aliphatic carbocycles. The van der Waals surface area contributed by atoms with Gasteiger partial charge in [0.2, 0.25) is 15.9 Å². The Hall–Kier alpha value is -1.26. The quantitative estimate of drug-likeness (QED) is 0.690. The maximum absolute atomic E-state index is 13.4. The van der Waals surface area contributed by atoms with Crippen molar-refractivity contribution in [3.05, 3.63) is 29.0 Å². The number of amides is 1. The van der Waals surface area contributed by atoms with Crippen molar-refractivity contribution < 1.29 is 27.1 Å². The molecule has 3 aliphatic heterocycles. The van der Waals surface area contributed by atoms with E-state index in [4.69, 9.17) is 21.1 Å². The van der Waals surface area contributed by atoms with Crippen molar-refractivity contribution >= 4 is 27.5 Å². The van der Waals surface area contributed by atoms with Gasteiger partial charge in [0.05, 0.1) is 23.1 Å². The second kappa shape index (κ2) is 9.08. The predicted octanol–water partition coefficient (Wildman–Crippen LogP) is 2.49. The largest absolute Gasteiger partial charge is 0.350 e. The lowest BCUT2D eigenvalue weighted by atomic mass is 9.92. The van der Waals surface area contributed by atoms with E-state index in [1.54, 1.807) is 0 Å². The van der Waals surface area contributed by atoms with Gasteiger partial charge in [-0.3, -0.25) is 4.79 Å². The average molecular weight is 461 g/mol. The van der Waals surface area contributed by atoms with Crippen LogP contribution in [-0.4, -0.2) is 69.2 Å². The predicted molar refractivity (Wildman–Crippen MR) is 108 cm³/mol. The third kappa shape index (κ3) is 4.50. The molecule has 1 aromatic carbocycles. The first kappa shape index (κ1) is 22.0. The lowest BCUT2D eigenvalue weighted by Gasteiger charge is -2.37. The van der Waals surface area contributed by atoms with Crippen molar-refractivity contribution in [2.75, 3.05) is 39.4 Å². The van der Waals surface area contributed by atoms with Gasteiger partial charge in [-0.2, -0.15) is 4.31 Å². The van der Waals surface area contributed by atoms with Crippen molar-refractivity contribution in [1.82, 2.24) is 9.21 Å². The molecule has 0 N–H and O–H groups in total. The van der Waals surface area contributed by atoms with E-state index in [0.29, 0.717) is 45.1 Å². The van der Waals surface area contributed by atoms with Crippen LogP contribution >= 0.6 is 11.6 Å². The van der Waals surface area contributed by atoms with Crippen LogP contribution in [0.3, 0.4) is 0 Å². The Balaban J connectivity index is 1.30. The molecule has 0 radical (unpaired) electrons. The monoisotopic (exact) mass is 460 g/mol. The van der Waals surface area contributed by atoms with Crippen LogP contribution in [0, 0.1) is 17.7 Å². The SMILES string of the molecule is O=C(C1CCN(S(=O)(=O)c2ccc(F)c(Cl)c2)CC1)N1CCC(C2OCCO2)CC1. The Kier molecular flexibility index (Phi) is 6.64. The van der Waals surface area contributed by atoms with Gasteiger partial charge in [-0.15, -0.1) is 0 Å². The van der Waals surface area contributed by atoms with E-state index < -0.39 is 15.8 Å². The molecule has 3 fully saturated rings. The standard InChI is InChI=1S/C20H26ClFN2O5S/c21-17-13-16(1-2-18(17)22)30(26,27)24-9-5-14(6-10-24)19(25)23-7-3-15(4-8-23)20-28-11-12-29-20/h1-2,13-15,20H,3-12H2. The molecule has 3 saturated heterocycles. The zero-order chi connectivity index (χ0) is 21.3. The normalized spacial score (nSPS) is 23.2. The Morgan fingerprint density at radius 2 is 1.67 bits per heavy atom. The third-order valence-electron chi connectivity index (χ3n) is 6.22. The number of nitrogens with zero attached hydrogens (tertiary/aromatic N) is 2. The molecule has 166 valence electrons. The molecule has 4 rings (SSSR count). The maximum Gasteiger partial charge on any atom is 0.243 e. The molecule has 0 atom stereocenters.